The second-order valence-corrected chi connectivity index (χ2v) is 37.5. The van der Waals surface area contributed by atoms with Crippen LogP contribution in [0.25, 0.3) is 22.3 Å². The van der Waals surface area contributed by atoms with E-state index in [2.05, 4.69) is 117 Å². The fourth-order valence-electron chi connectivity index (χ4n) is 14.0. The minimum atomic E-state index is -2.16. The van der Waals surface area contributed by atoms with Crippen molar-refractivity contribution in [3.05, 3.63) is 106 Å². The summed E-state index contributed by atoms with van der Waals surface area (Å²) in [6.07, 6.45) is 1.11. The molecular weight excluding hydrogens is 1520 g/mol. The molecule has 14 N–H and O–H groups in total. The van der Waals surface area contributed by atoms with E-state index in [9.17, 15) is 39.6 Å². The number of nitrogens with two attached hydrogens (primary N) is 4. The summed E-state index contributed by atoms with van der Waals surface area (Å²) in [6, 6.07) is 8.55. The van der Waals surface area contributed by atoms with E-state index >= 15 is 0 Å². The van der Waals surface area contributed by atoms with E-state index in [0.717, 1.165) is 6.42 Å². The normalized spacial score (nSPS) is 24.8. The lowest BCUT2D eigenvalue weighted by Gasteiger charge is -2.39. The summed E-state index contributed by atoms with van der Waals surface area (Å²) >= 11 is 0. The highest BCUT2D eigenvalue weighted by molar-refractivity contribution is 6.74. The Kier molecular flexibility index (Phi) is 29.4. The first kappa shape index (κ1) is 89.6. The van der Waals surface area contributed by atoms with Crippen LogP contribution in [0.3, 0.4) is 0 Å². The number of aromatic nitrogens is 12. The average Bonchev–Trinajstić information content (AvgIpc) is 1.58. The topological polar surface area (TPSA) is 549 Å². The van der Waals surface area contributed by atoms with Crippen molar-refractivity contribution < 1.29 is 86.8 Å². The van der Waals surface area contributed by atoms with Crippen LogP contribution in [0.2, 0.25) is 18.1 Å². The molecular formula is C74H108N20O20Si. The Hall–Kier alpha value is -9.36. The first-order chi connectivity index (χ1) is 54.2. The number of nitrogen functional groups attached to an aromatic ring is 3. The van der Waals surface area contributed by atoms with Crippen LogP contribution in [-0.2, 0) is 69.9 Å². The van der Waals surface area contributed by atoms with E-state index in [1.165, 1.54) is 34.3 Å². The van der Waals surface area contributed by atoms with E-state index in [4.69, 9.17) is 79.7 Å². The van der Waals surface area contributed by atoms with E-state index in [1.54, 1.807) is 45.9 Å². The number of alkyl carbamates (subject to hydrolysis) is 1. The maximum atomic E-state index is 13.7. The van der Waals surface area contributed by atoms with Gasteiger partial charge in [0.25, 0.3) is 5.91 Å². The van der Waals surface area contributed by atoms with Crippen LogP contribution in [0.15, 0.2) is 77.6 Å². The predicted octanol–water partition coefficient (Wildman–Crippen LogP) is 3.05. The largest absolute Gasteiger partial charge is 0.444 e. The molecule has 115 heavy (non-hydrogen) atoms. The number of carbonyl (C=O) groups excluding carboxylic acids is 6. The first-order valence-corrected chi connectivity index (χ1v) is 40.7. The number of nitrogens with one attached hydrogen (secondary N) is 2. The van der Waals surface area contributed by atoms with Gasteiger partial charge in [-0.15, -0.1) is 0 Å². The highest BCUT2D eigenvalue weighted by Gasteiger charge is 2.57. The van der Waals surface area contributed by atoms with Crippen LogP contribution in [0, 0.1) is 5.41 Å². The first-order valence-electron chi connectivity index (χ1n) is 37.8. The van der Waals surface area contributed by atoms with Gasteiger partial charge >= 0.3 is 29.8 Å². The predicted molar refractivity (Wildman–Crippen MR) is 413 cm³/mol. The van der Waals surface area contributed by atoms with Gasteiger partial charge in [-0.2, -0.15) is 29.1 Å². The third kappa shape index (κ3) is 21.8. The molecule has 0 saturated carbocycles. The van der Waals surface area contributed by atoms with Crippen LogP contribution < -0.4 is 44.9 Å². The maximum absolute atomic E-state index is 13.7. The SMILES string of the molecule is CC[C@H]1O[C@@H](n2cc(CN(CC[C@H](NC(=O)OC(C)(C)C)C(C)(C)C)C[C@H]3O[C@@H](n4cnc5c(NC(=O)c6ccccc6)ncnc54)[C@@H]4OC(C)(C)O[C@@H]43)c(N)nc2=O)C[C@@H]1O[Si](C)(C)C(C)(C)C.NCCCN(Cc1cn([C@H]2C[C@H](O)[C@@H](CO)O2)c(=O)nc1N)C[C@H]1O[C@@H](n2cnc3c(N)ncnc32)[C@H](O)[C@@H]1O.O=C=O.O=C=O. The fourth-order valence-corrected chi connectivity index (χ4v) is 15.4. The number of benzene rings is 1. The van der Waals surface area contributed by atoms with Crippen LogP contribution in [0.4, 0.5) is 28.1 Å². The number of hydrogen-bond donors (Lipinski definition) is 10. The molecule has 1 aromatic carbocycles. The molecule has 0 bridgehead atoms. The Morgan fingerprint density at radius 2 is 1.23 bits per heavy atom. The van der Waals surface area contributed by atoms with Crippen LogP contribution in [-0.4, -0.2) is 239 Å². The summed E-state index contributed by atoms with van der Waals surface area (Å²) in [5.74, 6) is -0.741. The van der Waals surface area contributed by atoms with Crippen LogP contribution in [0.1, 0.15) is 162 Å². The molecule has 15 atom stereocenters. The molecule has 41 heteroatoms. The summed E-state index contributed by atoms with van der Waals surface area (Å²) in [5, 5.41) is 47.2. The molecule has 5 saturated heterocycles. The van der Waals surface area contributed by atoms with E-state index in [1.807, 2.05) is 45.6 Å². The lowest BCUT2D eigenvalue weighted by atomic mass is 9.84. The molecule has 12 rings (SSSR count). The van der Waals surface area contributed by atoms with Crippen molar-refractivity contribution >= 4 is 78.2 Å². The van der Waals surface area contributed by atoms with Gasteiger partial charge in [0, 0.05) is 80.7 Å². The van der Waals surface area contributed by atoms with Crippen LogP contribution >= 0.6 is 0 Å². The van der Waals surface area contributed by atoms with Crippen molar-refractivity contribution in [1.82, 2.24) is 73.3 Å². The van der Waals surface area contributed by atoms with Gasteiger partial charge in [-0.3, -0.25) is 32.9 Å². The van der Waals surface area contributed by atoms with Gasteiger partial charge in [0.15, 0.2) is 55.0 Å². The minimum Gasteiger partial charge on any atom is -0.444 e. The summed E-state index contributed by atoms with van der Waals surface area (Å²) in [6.45, 7) is 30.5. The number of anilines is 4. The highest BCUT2D eigenvalue weighted by Crippen LogP contribution is 2.46. The molecule has 0 aliphatic carbocycles. The molecule has 5 fully saturated rings. The Bertz CT molecular complexity index is 4640. The smallest absolute Gasteiger partial charge is 0.407 e. The number of imidazole rings is 2. The number of rotatable bonds is 25. The molecule has 0 spiro atoms. The van der Waals surface area contributed by atoms with Crippen LogP contribution in [0.5, 0.6) is 0 Å². The van der Waals surface area contributed by atoms with Gasteiger partial charge in [-0.25, -0.2) is 44.3 Å². The van der Waals surface area contributed by atoms with Gasteiger partial charge in [-0.05, 0) is 103 Å². The standard InChI is InChI=1S/C49H74N10O9Si.C23H34N10O7.2CO2/c1-15-31-32(68-69(13,14)48(8,9)10)23-35(63-31)58-25-30(39(50)55-44(58)61)24-57(22-21-34(46(2,3)4)54-45(62)67-47(5,6)7)26-33-37-38(66-49(11,12)65-37)43(64-33)59-28-53-36-40(51-27-52-41(36)59)56-42(60)29-19-17-16-18-20-29;24-2-1-3-31(5-11-6-32(23(38)30-19(11)25)15-4-12(35)14(8-34)39-15)7-13-17(36)18(37)22(40-13)33-10-29-16-20(26)27-9-28-21(16)33;2*2-1-3/h16-20,25,27-28,31-35,37-38,43H,15,21-24,26H2,1-14H3,(H,54,62)(H2,50,55,61)(H,51,52,56,60);6,9-10,12-15,17-18,22,34-37H,1-5,7-8,24H2,(H2,25,30,38)(H2,26,27,28);;/t31-,32+,33-,34+,35-,37-,38-,43-;12-,13+,14+,15+,17+,18+,22+;;/m10../s1. The quantitative estimate of drug-likeness (QED) is 0.0368. The number of fused-ring (bicyclic) bond motifs is 3. The van der Waals surface area contributed by atoms with Crippen molar-refractivity contribution in [2.45, 2.75) is 250 Å². The van der Waals surface area contributed by atoms with Crippen molar-refractivity contribution in [1.29, 1.82) is 0 Å². The Labute approximate surface area is 664 Å². The second kappa shape index (κ2) is 37.7. The number of carbonyl (C=O) groups is 2. The fraction of sp³-hybridized carbons (Fsp3) is 0.622. The molecule has 628 valence electrons. The van der Waals surface area contributed by atoms with Crippen molar-refractivity contribution in [2.24, 2.45) is 11.1 Å². The zero-order valence-corrected chi connectivity index (χ0v) is 68.1. The molecule has 5 aliphatic rings. The lowest BCUT2D eigenvalue weighted by Crippen LogP contribution is -2.48. The molecule has 7 aromatic rings. The zero-order valence-electron chi connectivity index (χ0n) is 67.1. The van der Waals surface area contributed by atoms with E-state index in [0.29, 0.717) is 84.5 Å². The Morgan fingerprint density at radius 1 is 0.687 bits per heavy atom. The average molecular weight is 1630 g/mol. The third-order valence-corrected chi connectivity index (χ3v) is 25.3. The summed E-state index contributed by atoms with van der Waals surface area (Å²) < 4.78 is 57.0. The lowest BCUT2D eigenvalue weighted by molar-refractivity contribution is -0.198. The number of ether oxygens (including phenoxy) is 7. The number of aliphatic hydroxyl groups excluding tert-OH is 4. The summed E-state index contributed by atoms with van der Waals surface area (Å²) in [5.41, 5.74) is 25.3. The Morgan fingerprint density at radius 3 is 1.79 bits per heavy atom. The van der Waals surface area contributed by atoms with Gasteiger partial charge < -0.3 is 91.6 Å². The molecule has 40 nitrogen and oxygen atoms in total. The van der Waals surface area contributed by atoms with Crippen molar-refractivity contribution in [3.8, 4) is 0 Å². The summed E-state index contributed by atoms with van der Waals surface area (Å²) in [7, 11) is -2.16. The van der Waals surface area contributed by atoms with Gasteiger partial charge in [0.1, 0.15) is 90.6 Å². The third-order valence-electron chi connectivity index (χ3n) is 20.8. The number of amides is 2. The minimum absolute atomic E-state index is 0.00524. The molecule has 2 amide bonds. The monoisotopic (exact) mass is 1620 g/mol. The van der Waals surface area contributed by atoms with Gasteiger partial charge in [0.2, 0.25) is 0 Å². The molecule has 5 aliphatic heterocycles. The van der Waals surface area contributed by atoms with Gasteiger partial charge in [0.05, 0.1) is 37.6 Å². The number of aliphatic hydroxyl groups is 4. The Balaban J connectivity index is 0.000000277. The second-order valence-electron chi connectivity index (χ2n) is 32.7. The highest BCUT2D eigenvalue weighted by atomic mass is 28.4. The molecule has 0 radical (unpaired) electrons. The number of nitrogens with zero attached hydrogens (tertiary/aromatic N) is 14. The molecule has 0 unspecified atom stereocenters. The molecule has 6 aromatic heterocycles. The molecule has 11 heterocycles. The van der Waals surface area contributed by atoms with Gasteiger partial charge in [-0.1, -0.05) is 66.7 Å². The van der Waals surface area contributed by atoms with Crippen molar-refractivity contribution in [3.63, 3.8) is 0 Å². The maximum Gasteiger partial charge on any atom is 0.407 e. The van der Waals surface area contributed by atoms with E-state index < -0.39 is 111 Å². The van der Waals surface area contributed by atoms with Crippen molar-refractivity contribution in [2.75, 3.05) is 61.8 Å². The van der Waals surface area contributed by atoms with E-state index in [-0.39, 0.29) is 103 Å². The number of hydrogen-bond acceptors (Lipinski definition) is 34. The zero-order chi connectivity index (χ0) is 84.4. The summed E-state index contributed by atoms with van der Waals surface area (Å²) in [4.78, 5) is 123.